The molecule has 0 unspecified atom stereocenters. The van der Waals surface area contributed by atoms with Gasteiger partial charge < -0.3 is 9.80 Å². The molecular formula is C26H27BrN4O. The van der Waals surface area contributed by atoms with Crippen LogP contribution < -0.4 is 10.2 Å². The van der Waals surface area contributed by atoms with E-state index in [1.54, 1.807) is 0 Å². The third kappa shape index (κ3) is 5.56. The van der Waals surface area contributed by atoms with E-state index in [2.05, 4.69) is 74.4 Å². The summed E-state index contributed by atoms with van der Waals surface area (Å²) in [6.45, 7) is 5.41. The van der Waals surface area contributed by atoms with Gasteiger partial charge in [-0.3, -0.25) is 10.1 Å². The summed E-state index contributed by atoms with van der Waals surface area (Å²) in [6, 6.07) is 26.0. The van der Waals surface area contributed by atoms with Crippen LogP contribution in [0.3, 0.4) is 0 Å². The molecule has 1 saturated heterocycles. The number of piperazine rings is 1. The number of carbonyl (C=O) groups excluding carboxylic acids is 1. The monoisotopic (exact) mass is 490 g/mol. The summed E-state index contributed by atoms with van der Waals surface area (Å²) in [5.74, 6) is 0.429. The summed E-state index contributed by atoms with van der Waals surface area (Å²) < 4.78 is 0.871. The van der Waals surface area contributed by atoms with Crippen LogP contribution >= 0.6 is 15.9 Å². The highest BCUT2D eigenvalue weighted by molar-refractivity contribution is 9.10. The van der Waals surface area contributed by atoms with Crippen molar-refractivity contribution in [3.05, 3.63) is 94.5 Å². The Hall–Kier alpha value is -3.12. The van der Waals surface area contributed by atoms with Crippen LogP contribution in [0.1, 0.15) is 22.8 Å². The second-order valence-electron chi connectivity index (χ2n) is 7.73. The number of para-hydroxylation sites is 1. The minimum absolute atomic E-state index is 0.165. The van der Waals surface area contributed by atoms with Gasteiger partial charge in [0.1, 0.15) is 0 Å². The third-order valence-corrected chi connectivity index (χ3v) is 6.06. The van der Waals surface area contributed by atoms with Crippen molar-refractivity contribution in [1.82, 2.24) is 10.2 Å². The van der Waals surface area contributed by atoms with E-state index in [-0.39, 0.29) is 5.91 Å². The molecule has 3 aromatic rings. The highest BCUT2D eigenvalue weighted by Crippen LogP contribution is 2.19. The van der Waals surface area contributed by atoms with Crippen LogP contribution in [0.2, 0.25) is 0 Å². The van der Waals surface area contributed by atoms with Gasteiger partial charge in [-0.2, -0.15) is 0 Å². The first-order valence-corrected chi connectivity index (χ1v) is 11.7. The van der Waals surface area contributed by atoms with Gasteiger partial charge in [0.25, 0.3) is 5.91 Å². The molecule has 0 spiro atoms. The fourth-order valence-corrected chi connectivity index (χ4v) is 4.16. The fourth-order valence-electron chi connectivity index (χ4n) is 3.76. The highest BCUT2D eigenvalue weighted by atomic mass is 79.9. The zero-order chi connectivity index (χ0) is 22.3. The second-order valence-corrected chi connectivity index (χ2v) is 8.65. The fraction of sp³-hybridized carbons (Fsp3) is 0.231. The molecule has 1 aliphatic heterocycles. The first-order valence-electron chi connectivity index (χ1n) is 10.9. The lowest BCUT2D eigenvalue weighted by molar-refractivity contribution is 0.0971. The molecular weight excluding hydrogens is 464 g/mol. The Kier molecular flexibility index (Phi) is 7.22. The highest BCUT2D eigenvalue weighted by Gasteiger charge is 2.22. The van der Waals surface area contributed by atoms with Crippen LogP contribution in [-0.4, -0.2) is 42.9 Å². The number of benzene rings is 3. The zero-order valence-corrected chi connectivity index (χ0v) is 19.8. The molecule has 6 heteroatoms. The van der Waals surface area contributed by atoms with Gasteiger partial charge in [-0.15, -0.1) is 0 Å². The van der Waals surface area contributed by atoms with E-state index in [1.807, 2.05) is 42.5 Å². The van der Waals surface area contributed by atoms with Crippen molar-refractivity contribution < 1.29 is 4.79 Å². The maximum absolute atomic E-state index is 13.0. The van der Waals surface area contributed by atoms with E-state index in [4.69, 9.17) is 4.99 Å². The van der Waals surface area contributed by atoms with E-state index < -0.39 is 0 Å². The van der Waals surface area contributed by atoms with Crippen molar-refractivity contribution in [2.45, 2.75) is 13.3 Å². The van der Waals surface area contributed by atoms with E-state index in [1.165, 1.54) is 11.3 Å². The van der Waals surface area contributed by atoms with Gasteiger partial charge in [-0.25, -0.2) is 4.99 Å². The number of hydrogen-bond acceptors (Lipinski definition) is 3. The summed E-state index contributed by atoms with van der Waals surface area (Å²) >= 11 is 3.45. The SMILES string of the molecule is CCc1cccc(N=C(NC(=O)c2cccc(Br)c2)N2CCN(c3ccccc3)CC2)c1. The average Bonchev–Trinajstić information content (AvgIpc) is 2.84. The Balaban J connectivity index is 1.56. The largest absolute Gasteiger partial charge is 0.368 e. The molecule has 0 aromatic heterocycles. The smallest absolute Gasteiger partial charge is 0.258 e. The van der Waals surface area contributed by atoms with Crippen LogP contribution in [-0.2, 0) is 6.42 Å². The van der Waals surface area contributed by atoms with Crippen LogP contribution in [0.15, 0.2) is 88.3 Å². The molecule has 3 aromatic carbocycles. The number of aryl methyl sites for hydroxylation is 1. The standard InChI is InChI=1S/C26H27BrN4O/c1-2-20-8-6-11-23(18-20)28-26(29-25(32)21-9-7-10-22(27)19-21)31-16-14-30(15-17-31)24-12-4-3-5-13-24/h3-13,18-19H,2,14-17H2,1H3,(H,28,29,32). The first kappa shape index (κ1) is 22.1. The molecule has 0 radical (unpaired) electrons. The molecule has 1 aliphatic rings. The number of carbonyl (C=O) groups is 1. The van der Waals surface area contributed by atoms with Gasteiger partial charge in [-0.1, -0.05) is 59.3 Å². The number of hydrogen-bond donors (Lipinski definition) is 1. The first-order chi connectivity index (χ1) is 15.6. The Morgan fingerprint density at radius 2 is 1.69 bits per heavy atom. The van der Waals surface area contributed by atoms with Crippen molar-refractivity contribution in [2.75, 3.05) is 31.1 Å². The Morgan fingerprint density at radius 1 is 0.938 bits per heavy atom. The molecule has 164 valence electrons. The number of aliphatic imine (C=N–C) groups is 1. The van der Waals surface area contributed by atoms with Crippen LogP contribution in [0.25, 0.3) is 0 Å². The second kappa shape index (κ2) is 10.5. The lowest BCUT2D eigenvalue weighted by Gasteiger charge is -2.37. The molecule has 0 saturated carbocycles. The normalized spacial score (nSPS) is 14.4. The molecule has 1 fully saturated rings. The zero-order valence-electron chi connectivity index (χ0n) is 18.2. The number of rotatable bonds is 4. The topological polar surface area (TPSA) is 47.9 Å². The van der Waals surface area contributed by atoms with Gasteiger partial charge in [0.15, 0.2) is 0 Å². The molecule has 4 rings (SSSR count). The van der Waals surface area contributed by atoms with Crippen LogP contribution in [0.5, 0.6) is 0 Å². The Morgan fingerprint density at radius 3 is 2.41 bits per heavy atom. The van der Waals surface area contributed by atoms with E-state index in [9.17, 15) is 4.79 Å². The van der Waals surface area contributed by atoms with Crippen molar-refractivity contribution >= 4 is 39.2 Å². The molecule has 5 nitrogen and oxygen atoms in total. The van der Waals surface area contributed by atoms with Crippen LogP contribution in [0.4, 0.5) is 11.4 Å². The molecule has 1 heterocycles. The molecule has 0 bridgehead atoms. The predicted molar refractivity (Wildman–Crippen MR) is 135 cm³/mol. The van der Waals surface area contributed by atoms with Crippen molar-refractivity contribution in [1.29, 1.82) is 0 Å². The molecule has 0 atom stereocenters. The third-order valence-electron chi connectivity index (χ3n) is 5.57. The maximum Gasteiger partial charge on any atom is 0.258 e. The maximum atomic E-state index is 13.0. The van der Waals surface area contributed by atoms with E-state index in [0.717, 1.165) is 42.8 Å². The number of anilines is 1. The van der Waals surface area contributed by atoms with Crippen molar-refractivity contribution in [3.63, 3.8) is 0 Å². The molecule has 32 heavy (non-hydrogen) atoms. The summed E-state index contributed by atoms with van der Waals surface area (Å²) in [6.07, 6.45) is 0.943. The van der Waals surface area contributed by atoms with E-state index >= 15 is 0 Å². The molecule has 0 aliphatic carbocycles. The van der Waals surface area contributed by atoms with E-state index in [0.29, 0.717) is 11.5 Å². The number of guanidine groups is 1. The van der Waals surface area contributed by atoms with Gasteiger partial charge in [0.05, 0.1) is 5.69 Å². The van der Waals surface area contributed by atoms with Gasteiger partial charge >= 0.3 is 0 Å². The Labute approximate surface area is 197 Å². The lowest BCUT2D eigenvalue weighted by Crippen LogP contribution is -2.53. The Bertz CT molecular complexity index is 1090. The summed E-state index contributed by atoms with van der Waals surface area (Å²) in [5.41, 5.74) is 3.88. The summed E-state index contributed by atoms with van der Waals surface area (Å²) in [7, 11) is 0. The lowest BCUT2D eigenvalue weighted by atomic mass is 10.1. The number of halogens is 1. The minimum atomic E-state index is -0.165. The van der Waals surface area contributed by atoms with Gasteiger partial charge in [0.2, 0.25) is 5.96 Å². The van der Waals surface area contributed by atoms with Gasteiger partial charge in [0, 0.05) is 41.9 Å². The average molecular weight is 491 g/mol. The van der Waals surface area contributed by atoms with Crippen LogP contribution in [0, 0.1) is 0 Å². The minimum Gasteiger partial charge on any atom is -0.368 e. The van der Waals surface area contributed by atoms with Crippen molar-refractivity contribution in [2.24, 2.45) is 4.99 Å². The van der Waals surface area contributed by atoms with Crippen molar-refractivity contribution in [3.8, 4) is 0 Å². The summed E-state index contributed by atoms with van der Waals surface area (Å²) in [4.78, 5) is 22.4. The predicted octanol–water partition coefficient (Wildman–Crippen LogP) is 5.25. The number of amides is 1. The number of nitrogens with zero attached hydrogens (tertiary/aromatic N) is 3. The quantitative estimate of drug-likeness (QED) is 0.401. The molecule has 1 N–H and O–H groups in total. The number of nitrogens with one attached hydrogen (secondary N) is 1. The van der Waals surface area contributed by atoms with Gasteiger partial charge in [-0.05, 0) is 54.4 Å². The molecule has 1 amide bonds. The summed E-state index contributed by atoms with van der Waals surface area (Å²) in [5, 5.41) is 3.07.